The van der Waals surface area contributed by atoms with Crippen LogP contribution >= 0.6 is 0 Å². The highest BCUT2D eigenvalue weighted by Crippen LogP contribution is 2.49. The molecule has 2 aromatic heterocycles. The first-order valence-corrected chi connectivity index (χ1v) is 10.4. The van der Waals surface area contributed by atoms with Crippen LogP contribution < -0.4 is 4.90 Å². The molecule has 148 valence electrons. The first-order chi connectivity index (χ1) is 14.1. The normalized spacial score (nSPS) is 17.0. The number of hydrogen-bond acceptors (Lipinski definition) is 2. The lowest BCUT2D eigenvalue weighted by molar-refractivity contribution is -0.123. The summed E-state index contributed by atoms with van der Waals surface area (Å²) >= 11 is 0. The van der Waals surface area contributed by atoms with Gasteiger partial charge in [0.15, 0.2) is 0 Å². The minimum Gasteiger partial charge on any atom is -0.353 e. The molecule has 0 bridgehead atoms. The van der Waals surface area contributed by atoms with Crippen LogP contribution in [0.4, 0.5) is 5.69 Å². The van der Waals surface area contributed by atoms with Gasteiger partial charge in [-0.3, -0.25) is 9.89 Å². The Kier molecular flexibility index (Phi) is 4.02. The summed E-state index contributed by atoms with van der Waals surface area (Å²) in [6.07, 6.45) is 10.0. The van der Waals surface area contributed by atoms with Gasteiger partial charge in [0.05, 0.1) is 23.0 Å². The van der Waals surface area contributed by atoms with Crippen LogP contribution in [0.5, 0.6) is 0 Å². The number of fused-ring (bicyclic) bond motifs is 6. The van der Waals surface area contributed by atoms with Crippen LogP contribution in [-0.4, -0.2) is 27.6 Å². The van der Waals surface area contributed by atoms with Crippen LogP contribution in [0.3, 0.4) is 0 Å². The molecule has 1 aromatic carbocycles. The molecule has 5 rings (SSSR count). The van der Waals surface area contributed by atoms with Gasteiger partial charge < -0.3 is 9.88 Å². The molecular weight excluding hydrogens is 360 g/mol. The number of anilines is 1. The smallest absolute Gasteiger partial charge is 0.238 e. The van der Waals surface area contributed by atoms with E-state index in [1.165, 1.54) is 16.5 Å². The maximum atomic E-state index is 13.5. The van der Waals surface area contributed by atoms with Gasteiger partial charge in [-0.25, -0.2) is 0 Å². The molecule has 0 unspecified atom stereocenters. The Morgan fingerprint density at radius 1 is 1.21 bits per heavy atom. The molecule has 29 heavy (non-hydrogen) atoms. The molecule has 3 aromatic rings. The van der Waals surface area contributed by atoms with Crippen LogP contribution in [0, 0.1) is 0 Å². The highest BCUT2D eigenvalue weighted by atomic mass is 16.2. The number of aromatic nitrogens is 3. The molecule has 0 fully saturated rings. The molecule has 5 heteroatoms. The van der Waals surface area contributed by atoms with Crippen molar-refractivity contribution in [2.75, 3.05) is 11.4 Å². The minimum absolute atomic E-state index is 0.157. The van der Waals surface area contributed by atoms with Gasteiger partial charge >= 0.3 is 0 Å². The van der Waals surface area contributed by atoms with Gasteiger partial charge in [-0.1, -0.05) is 12.2 Å². The summed E-state index contributed by atoms with van der Waals surface area (Å²) in [7, 11) is 0. The van der Waals surface area contributed by atoms with E-state index in [2.05, 4.69) is 40.5 Å². The molecule has 0 atom stereocenters. The van der Waals surface area contributed by atoms with E-state index in [4.69, 9.17) is 0 Å². The van der Waals surface area contributed by atoms with Crippen molar-refractivity contribution in [2.24, 2.45) is 0 Å². The average Bonchev–Trinajstić information content (AvgIpc) is 3.34. The number of aromatic amines is 2. The number of carbonyl (C=O) groups is 1. The number of allylic oxidation sites excluding steroid dienone is 2. The fourth-order valence-corrected chi connectivity index (χ4v) is 5.31. The van der Waals surface area contributed by atoms with Crippen molar-refractivity contribution in [3.8, 4) is 11.4 Å². The van der Waals surface area contributed by atoms with Gasteiger partial charge in [-0.05, 0) is 67.9 Å². The summed E-state index contributed by atoms with van der Waals surface area (Å²) in [6, 6.07) is 4.41. The number of amides is 1. The van der Waals surface area contributed by atoms with Gasteiger partial charge in [0, 0.05) is 23.1 Å². The van der Waals surface area contributed by atoms with Crippen molar-refractivity contribution >= 4 is 22.5 Å². The lowest BCUT2D eigenvalue weighted by atomic mass is 9.75. The molecule has 1 aliphatic carbocycles. The lowest BCUT2D eigenvalue weighted by Crippen LogP contribution is -2.39. The monoisotopic (exact) mass is 386 g/mol. The summed E-state index contributed by atoms with van der Waals surface area (Å²) in [4.78, 5) is 19.1. The van der Waals surface area contributed by atoms with Crippen molar-refractivity contribution in [3.63, 3.8) is 0 Å². The molecule has 2 aliphatic rings. The predicted octanol–water partition coefficient (Wildman–Crippen LogP) is 4.80. The Morgan fingerprint density at radius 3 is 2.72 bits per heavy atom. The molecular formula is C24H26N4O. The van der Waals surface area contributed by atoms with Gasteiger partial charge in [0.25, 0.3) is 0 Å². The standard InChI is InChI=1S/C24H26N4O/c1-4-10-24(11-5-2)18-13-19-17(12-20(18)28(6-3)23(24)29)16-9-7-8-15-14-25-27-21(15)22(16)26-19/h4-5,12-14,26H,1-2,6-11H2,3H3,(H,25,27). The van der Waals surface area contributed by atoms with E-state index in [1.807, 2.05) is 30.2 Å². The second-order valence-electron chi connectivity index (χ2n) is 8.13. The van der Waals surface area contributed by atoms with Crippen molar-refractivity contribution in [1.82, 2.24) is 15.2 Å². The number of carbonyl (C=O) groups excluding carboxylic acids is 1. The zero-order chi connectivity index (χ0) is 20.2. The molecule has 5 nitrogen and oxygen atoms in total. The zero-order valence-corrected chi connectivity index (χ0v) is 16.8. The highest BCUT2D eigenvalue weighted by molar-refractivity contribution is 6.11. The Morgan fingerprint density at radius 2 is 2.00 bits per heavy atom. The number of aryl methyl sites for hydroxylation is 2. The fraction of sp³-hybridized carbons (Fsp3) is 0.333. The van der Waals surface area contributed by atoms with Crippen LogP contribution in [0.1, 0.15) is 42.9 Å². The van der Waals surface area contributed by atoms with E-state index in [1.54, 1.807) is 0 Å². The number of hydrogen-bond donors (Lipinski definition) is 2. The zero-order valence-electron chi connectivity index (χ0n) is 16.8. The van der Waals surface area contributed by atoms with Crippen LogP contribution in [-0.2, 0) is 23.1 Å². The summed E-state index contributed by atoms with van der Waals surface area (Å²) in [5.74, 6) is 0.157. The Balaban J connectivity index is 1.79. The second-order valence-corrected chi connectivity index (χ2v) is 8.13. The van der Waals surface area contributed by atoms with Crippen molar-refractivity contribution < 1.29 is 4.79 Å². The van der Waals surface area contributed by atoms with E-state index in [9.17, 15) is 4.79 Å². The summed E-state index contributed by atoms with van der Waals surface area (Å²) in [6.45, 7) is 10.6. The van der Waals surface area contributed by atoms with E-state index in [-0.39, 0.29) is 5.91 Å². The molecule has 0 saturated heterocycles. The maximum Gasteiger partial charge on any atom is 0.238 e. The topological polar surface area (TPSA) is 64.8 Å². The third-order valence-electron chi connectivity index (χ3n) is 6.63. The number of likely N-dealkylation sites (N-methyl/N-ethyl adjacent to an activating group) is 1. The highest BCUT2D eigenvalue weighted by Gasteiger charge is 2.49. The van der Waals surface area contributed by atoms with Crippen LogP contribution in [0.25, 0.3) is 22.3 Å². The number of H-pyrrole nitrogens is 2. The van der Waals surface area contributed by atoms with E-state index < -0.39 is 5.41 Å². The second kappa shape index (κ2) is 6.48. The predicted molar refractivity (Wildman–Crippen MR) is 117 cm³/mol. The number of rotatable bonds is 5. The third kappa shape index (κ3) is 2.33. The minimum atomic E-state index is -0.606. The Hall–Kier alpha value is -3.08. The fourth-order valence-electron chi connectivity index (χ4n) is 5.31. The largest absolute Gasteiger partial charge is 0.353 e. The Labute approximate surface area is 170 Å². The van der Waals surface area contributed by atoms with Crippen molar-refractivity contribution in [3.05, 3.63) is 60.3 Å². The molecule has 0 radical (unpaired) electrons. The quantitative estimate of drug-likeness (QED) is 0.619. The summed E-state index contributed by atoms with van der Waals surface area (Å²) < 4.78 is 0. The number of nitrogens with zero attached hydrogens (tertiary/aromatic N) is 2. The maximum absolute atomic E-state index is 13.5. The van der Waals surface area contributed by atoms with Gasteiger partial charge in [-0.15, -0.1) is 13.2 Å². The van der Waals surface area contributed by atoms with Gasteiger partial charge in [0.1, 0.15) is 0 Å². The SMILES string of the molecule is C=CCC1(CC=C)C(=O)N(CC)c2cc3c4c([nH]c3cc21)-c1[nH]ncc1CCC4. The summed E-state index contributed by atoms with van der Waals surface area (Å²) in [5, 5.41) is 8.66. The lowest BCUT2D eigenvalue weighted by Gasteiger charge is -2.26. The van der Waals surface area contributed by atoms with E-state index in [0.717, 1.165) is 47.4 Å². The van der Waals surface area contributed by atoms with Gasteiger partial charge in [0.2, 0.25) is 5.91 Å². The van der Waals surface area contributed by atoms with E-state index in [0.29, 0.717) is 19.4 Å². The average molecular weight is 386 g/mol. The Bertz CT molecular complexity index is 1140. The van der Waals surface area contributed by atoms with E-state index >= 15 is 0 Å². The van der Waals surface area contributed by atoms with Crippen LogP contribution in [0.15, 0.2) is 43.6 Å². The molecule has 2 N–H and O–H groups in total. The molecule has 3 heterocycles. The number of nitrogens with one attached hydrogen (secondary N) is 2. The molecule has 0 saturated carbocycles. The molecule has 1 aliphatic heterocycles. The molecule has 0 spiro atoms. The first-order valence-electron chi connectivity index (χ1n) is 10.4. The van der Waals surface area contributed by atoms with Gasteiger partial charge in [-0.2, -0.15) is 5.10 Å². The van der Waals surface area contributed by atoms with Crippen molar-refractivity contribution in [1.29, 1.82) is 0 Å². The van der Waals surface area contributed by atoms with Crippen molar-refractivity contribution in [2.45, 2.75) is 44.4 Å². The third-order valence-corrected chi connectivity index (χ3v) is 6.63. The molecule has 1 amide bonds. The van der Waals surface area contributed by atoms with Crippen LogP contribution in [0.2, 0.25) is 0 Å². The first kappa shape index (κ1) is 18.0. The number of benzene rings is 1. The summed E-state index contributed by atoms with van der Waals surface area (Å²) in [5.41, 5.74) is 7.41.